The average Bonchev–Trinajstić information content (AvgIpc) is 2.96. The van der Waals surface area contributed by atoms with E-state index in [0.717, 1.165) is 11.8 Å². The van der Waals surface area contributed by atoms with Crippen LogP contribution in [0.1, 0.15) is 23.7 Å². The number of hydrogen-bond donors (Lipinski definition) is 1. The van der Waals surface area contributed by atoms with Crippen LogP contribution in [0.4, 0.5) is 0 Å². The van der Waals surface area contributed by atoms with Crippen molar-refractivity contribution in [2.75, 3.05) is 13.1 Å². The third-order valence-corrected chi connectivity index (χ3v) is 4.13. The number of nitrogens with two attached hydrogens (primary N) is 1. The van der Waals surface area contributed by atoms with E-state index >= 15 is 0 Å². The van der Waals surface area contributed by atoms with E-state index in [0.29, 0.717) is 24.6 Å². The normalized spacial score (nSPS) is 19.0. The molecule has 22 heavy (non-hydrogen) atoms. The van der Waals surface area contributed by atoms with Crippen LogP contribution < -0.4 is 11.4 Å². The van der Waals surface area contributed by atoms with Gasteiger partial charge in [-0.25, -0.2) is 4.79 Å². The second-order valence-corrected chi connectivity index (χ2v) is 5.64. The maximum atomic E-state index is 12.5. The quantitative estimate of drug-likeness (QED) is 0.858. The number of rotatable bonds is 2. The Bertz CT molecular complexity index is 741. The van der Waals surface area contributed by atoms with Gasteiger partial charge >= 0.3 is 5.63 Å². The molecule has 3 rings (SSSR count). The highest BCUT2D eigenvalue weighted by molar-refractivity contribution is 5.96. The Balaban J connectivity index is 0.00000176. The van der Waals surface area contributed by atoms with Gasteiger partial charge in [0.05, 0.1) is 0 Å². The van der Waals surface area contributed by atoms with E-state index in [4.69, 9.17) is 10.2 Å². The van der Waals surface area contributed by atoms with Gasteiger partial charge in [-0.15, -0.1) is 12.4 Å². The number of amides is 1. The summed E-state index contributed by atoms with van der Waals surface area (Å²) >= 11 is 0. The van der Waals surface area contributed by atoms with E-state index in [1.165, 1.54) is 0 Å². The van der Waals surface area contributed by atoms with Crippen molar-refractivity contribution in [2.24, 2.45) is 11.7 Å². The van der Waals surface area contributed by atoms with Crippen molar-refractivity contribution >= 4 is 29.3 Å². The van der Waals surface area contributed by atoms with Crippen LogP contribution in [0.2, 0.25) is 0 Å². The summed E-state index contributed by atoms with van der Waals surface area (Å²) in [5, 5.41) is 0.753. The van der Waals surface area contributed by atoms with Gasteiger partial charge in [0, 0.05) is 24.5 Å². The fourth-order valence-electron chi connectivity index (χ4n) is 2.78. The number of para-hydroxylation sites is 1. The summed E-state index contributed by atoms with van der Waals surface area (Å²) in [5.41, 5.74) is 5.89. The highest BCUT2D eigenvalue weighted by Crippen LogP contribution is 2.21. The molecule has 1 aromatic carbocycles. The number of fused-ring (bicyclic) bond motifs is 1. The summed E-state index contributed by atoms with van der Waals surface area (Å²) in [6.07, 6.45) is 0.877. The van der Waals surface area contributed by atoms with Crippen LogP contribution in [-0.2, 0) is 0 Å². The molecule has 0 bridgehead atoms. The summed E-state index contributed by atoms with van der Waals surface area (Å²) in [4.78, 5) is 26.2. The first kappa shape index (κ1) is 16.5. The van der Waals surface area contributed by atoms with Gasteiger partial charge in [0.1, 0.15) is 11.1 Å². The second kappa shape index (κ2) is 6.50. The molecule has 118 valence electrons. The van der Waals surface area contributed by atoms with Crippen LogP contribution in [0.15, 0.2) is 39.5 Å². The van der Waals surface area contributed by atoms with Crippen molar-refractivity contribution in [3.05, 3.63) is 46.3 Å². The summed E-state index contributed by atoms with van der Waals surface area (Å²) in [7, 11) is 0. The summed E-state index contributed by atoms with van der Waals surface area (Å²) < 4.78 is 5.22. The smallest absolute Gasteiger partial charge is 0.349 e. The molecule has 5 nitrogen and oxygen atoms in total. The highest BCUT2D eigenvalue weighted by Gasteiger charge is 2.30. The topological polar surface area (TPSA) is 76.5 Å². The molecule has 0 radical (unpaired) electrons. The Morgan fingerprint density at radius 1 is 1.41 bits per heavy atom. The second-order valence-electron chi connectivity index (χ2n) is 5.64. The number of benzene rings is 1. The van der Waals surface area contributed by atoms with E-state index in [2.05, 4.69) is 0 Å². The Labute approximate surface area is 134 Å². The maximum absolute atomic E-state index is 12.5. The van der Waals surface area contributed by atoms with Gasteiger partial charge in [-0.05, 0) is 31.4 Å². The van der Waals surface area contributed by atoms with Gasteiger partial charge in [0.15, 0.2) is 0 Å². The SMILES string of the molecule is CC(N)C1CCN(C(=O)c2cc3ccccc3oc2=O)C1.Cl. The molecule has 2 N–H and O–H groups in total. The van der Waals surface area contributed by atoms with Crippen LogP contribution in [0.5, 0.6) is 0 Å². The van der Waals surface area contributed by atoms with Crippen molar-refractivity contribution in [2.45, 2.75) is 19.4 Å². The van der Waals surface area contributed by atoms with Crippen LogP contribution in [-0.4, -0.2) is 29.9 Å². The van der Waals surface area contributed by atoms with Gasteiger partial charge in [0.2, 0.25) is 0 Å². The number of halogens is 1. The molecule has 0 spiro atoms. The lowest BCUT2D eigenvalue weighted by atomic mass is 10.0. The van der Waals surface area contributed by atoms with E-state index in [1.807, 2.05) is 19.1 Å². The molecular weight excluding hydrogens is 304 g/mol. The lowest BCUT2D eigenvalue weighted by Crippen LogP contribution is -2.34. The molecule has 1 aliphatic heterocycles. The average molecular weight is 323 g/mol. The van der Waals surface area contributed by atoms with E-state index in [1.54, 1.807) is 23.1 Å². The first-order valence-electron chi connectivity index (χ1n) is 7.14. The summed E-state index contributed by atoms with van der Waals surface area (Å²) in [5.74, 6) is 0.0269. The molecule has 2 atom stereocenters. The molecule has 1 aromatic heterocycles. The Kier molecular flexibility index (Phi) is 4.88. The van der Waals surface area contributed by atoms with Gasteiger partial charge < -0.3 is 15.1 Å². The van der Waals surface area contributed by atoms with Crippen molar-refractivity contribution in [3.63, 3.8) is 0 Å². The molecule has 2 unspecified atom stereocenters. The first-order chi connectivity index (χ1) is 10.1. The zero-order chi connectivity index (χ0) is 15.0. The largest absolute Gasteiger partial charge is 0.422 e. The van der Waals surface area contributed by atoms with Gasteiger partial charge in [-0.3, -0.25) is 4.79 Å². The van der Waals surface area contributed by atoms with Crippen LogP contribution in [0.3, 0.4) is 0 Å². The fraction of sp³-hybridized carbons (Fsp3) is 0.375. The molecule has 0 aliphatic carbocycles. The van der Waals surface area contributed by atoms with Gasteiger partial charge in [-0.1, -0.05) is 18.2 Å². The predicted molar refractivity (Wildman–Crippen MR) is 87.4 cm³/mol. The number of hydrogen-bond acceptors (Lipinski definition) is 4. The third kappa shape index (κ3) is 3.00. The van der Waals surface area contributed by atoms with Gasteiger partial charge in [-0.2, -0.15) is 0 Å². The molecule has 2 heterocycles. The maximum Gasteiger partial charge on any atom is 0.349 e. The molecule has 1 amide bonds. The number of carbonyl (C=O) groups is 1. The van der Waals surface area contributed by atoms with Gasteiger partial charge in [0.25, 0.3) is 5.91 Å². The van der Waals surface area contributed by atoms with E-state index < -0.39 is 5.63 Å². The molecule has 2 aromatic rings. The zero-order valence-corrected chi connectivity index (χ0v) is 13.1. The number of likely N-dealkylation sites (tertiary alicyclic amines) is 1. The minimum absolute atomic E-state index is 0. The highest BCUT2D eigenvalue weighted by atomic mass is 35.5. The lowest BCUT2D eigenvalue weighted by molar-refractivity contribution is 0.0782. The van der Waals surface area contributed by atoms with Crippen molar-refractivity contribution in [3.8, 4) is 0 Å². The molecule has 1 aliphatic rings. The lowest BCUT2D eigenvalue weighted by Gasteiger charge is -2.17. The van der Waals surface area contributed by atoms with E-state index in [-0.39, 0.29) is 29.9 Å². The summed E-state index contributed by atoms with van der Waals surface area (Å²) in [6.45, 7) is 3.18. The monoisotopic (exact) mass is 322 g/mol. The zero-order valence-electron chi connectivity index (χ0n) is 12.3. The standard InChI is InChI=1S/C16H18N2O3.ClH/c1-10(17)12-6-7-18(9-12)15(19)13-8-11-4-2-3-5-14(11)21-16(13)20;/h2-5,8,10,12H,6-7,9,17H2,1H3;1H. The molecule has 6 heteroatoms. The van der Waals surface area contributed by atoms with Crippen molar-refractivity contribution in [1.82, 2.24) is 4.90 Å². The van der Waals surface area contributed by atoms with Crippen LogP contribution in [0, 0.1) is 5.92 Å². The fourth-order valence-corrected chi connectivity index (χ4v) is 2.78. The van der Waals surface area contributed by atoms with Crippen molar-refractivity contribution in [1.29, 1.82) is 0 Å². The number of carbonyl (C=O) groups excluding carboxylic acids is 1. The Morgan fingerprint density at radius 2 is 2.14 bits per heavy atom. The first-order valence-corrected chi connectivity index (χ1v) is 7.14. The molecule has 1 fully saturated rings. The predicted octanol–water partition coefficient (Wildman–Crippen LogP) is 2.02. The minimum Gasteiger partial charge on any atom is -0.422 e. The summed E-state index contributed by atoms with van der Waals surface area (Å²) in [6, 6.07) is 8.84. The Hall–Kier alpha value is -1.85. The van der Waals surface area contributed by atoms with Crippen LogP contribution in [0.25, 0.3) is 11.0 Å². The third-order valence-electron chi connectivity index (χ3n) is 4.13. The molecular formula is C16H19ClN2O3. The number of nitrogens with zero attached hydrogens (tertiary/aromatic N) is 1. The molecule has 0 saturated carbocycles. The Morgan fingerprint density at radius 3 is 2.82 bits per heavy atom. The van der Waals surface area contributed by atoms with E-state index in [9.17, 15) is 9.59 Å². The van der Waals surface area contributed by atoms with Crippen molar-refractivity contribution < 1.29 is 9.21 Å². The minimum atomic E-state index is -0.581. The molecule has 1 saturated heterocycles. The van der Waals surface area contributed by atoms with Crippen LogP contribution >= 0.6 is 12.4 Å².